The number of amides is 2. The zero-order chi connectivity index (χ0) is 23.6. The standard InChI is InChI=1S/C23H23Br2NO5S/c1-12(2)14-6-5-13(3)9-17(14)31-8-7-26-22(28)19(32-23(26)29)10-15-20(25)16(24)11-18(30-4)21(15)27/h5-6,9-12,27H,7-8H2,1-4H3/b19-10-. The van der Waals surface area contributed by atoms with Crippen LogP contribution in [0.3, 0.4) is 0 Å². The number of aromatic hydroxyl groups is 1. The third kappa shape index (κ3) is 5.15. The van der Waals surface area contributed by atoms with Crippen molar-refractivity contribution in [2.75, 3.05) is 20.3 Å². The van der Waals surface area contributed by atoms with E-state index in [2.05, 4.69) is 45.7 Å². The Morgan fingerprint density at radius 3 is 2.56 bits per heavy atom. The van der Waals surface area contributed by atoms with Crippen LogP contribution in [0.15, 0.2) is 38.1 Å². The molecule has 0 saturated carbocycles. The first-order chi connectivity index (χ1) is 15.1. The summed E-state index contributed by atoms with van der Waals surface area (Å²) < 4.78 is 12.3. The maximum absolute atomic E-state index is 12.9. The van der Waals surface area contributed by atoms with E-state index in [1.165, 1.54) is 13.2 Å². The average molecular weight is 585 g/mol. The molecule has 1 aliphatic heterocycles. The highest BCUT2D eigenvalue weighted by molar-refractivity contribution is 9.13. The highest BCUT2D eigenvalue weighted by atomic mass is 79.9. The van der Waals surface area contributed by atoms with Crippen LogP contribution in [0.4, 0.5) is 4.79 Å². The molecule has 0 atom stereocenters. The number of nitrogens with zero attached hydrogens (tertiary/aromatic N) is 1. The first-order valence-electron chi connectivity index (χ1n) is 9.87. The molecule has 2 aromatic rings. The number of carbonyl (C=O) groups excluding carboxylic acids is 2. The van der Waals surface area contributed by atoms with Crippen molar-refractivity contribution in [3.63, 3.8) is 0 Å². The van der Waals surface area contributed by atoms with Crippen molar-refractivity contribution in [3.05, 3.63) is 54.8 Å². The Morgan fingerprint density at radius 2 is 1.91 bits per heavy atom. The highest BCUT2D eigenvalue weighted by Crippen LogP contribution is 2.43. The van der Waals surface area contributed by atoms with E-state index in [9.17, 15) is 14.7 Å². The van der Waals surface area contributed by atoms with Gasteiger partial charge in [0.25, 0.3) is 11.1 Å². The van der Waals surface area contributed by atoms with Gasteiger partial charge in [-0.2, -0.15) is 0 Å². The number of phenolic OH excluding ortho intramolecular Hbond substituents is 1. The smallest absolute Gasteiger partial charge is 0.293 e. The molecular weight excluding hydrogens is 562 g/mol. The first kappa shape index (κ1) is 24.7. The number of imide groups is 1. The summed E-state index contributed by atoms with van der Waals surface area (Å²) in [5.41, 5.74) is 2.50. The van der Waals surface area contributed by atoms with Crippen LogP contribution < -0.4 is 9.47 Å². The second-order valence-electron chi connectivity index (χ2n) is 7.51. The Hall–Kier alpha value is -1.97. The van der Waals surface area contributed by atoms with Crippen LogP contribution in [0.2, 0.25) is 0 Å². The topological polar surface area (TPSA) is 76.1 Å². The maximum atomic E-state index is 12.9. The SMILES string of the molecule is COc1cc(Br)c(Br)c(/C=C2\SC(=O)N(CCOc3cc(C)ccc3C(C)C)C2=O)c1O. The van der Waals surface area contributed by atoms with Crippen LogP contribution in [-0.2, 0) is 4.79 Å². The Morgan fingerprint density at radius 1 is 1.19 bits per heavy atom. The number of hydrogen-bond acceptors (Lipinski definition) is 6. The lowest BCUT2D eigenvalue weighted by Crippen LogP contribution is -2.32. The number of thioether (sulfide) groups is 1. The minimum absolute atomic E-state index is 0.127. The van der Waals surface area contributed by atoms with Crippen molar-refractivity contribution >= 4 is 60.8 Å². The van der Waals surface area contributed by atoms with Gasteiger partial charge >= 0.3 is 0 Å². The van der Waals surface area contributed by atoms with Crippen LogP contribution >= 0.6 is 43.6 Å². The van der Waals surface area contributed by atoms with Crippen molar-refractivity contribution in [3.8, 4) is 17.2 Å². The predicted octanol–water partition coefficient (Wildman–Crippen LogP) is 6.47. The lowest BCUT2D eigenvalue weighted by Gasteiger charge is -2.17. The molecule has 3 rings (SSSR count). The van der Waals surface area contributed by atoms with E-state index in [1.54, 1.807) is 6.07 Å². The Bertz CT molecular complexity index is 1100. The summed E-state index contributed by atoms with van der Waals surface area (Å²) in [6.45, 7) is 6.48. The van der Waals surface area contributed by atoms with E-state index in [0.717, 1.165) is 33.5 Å². The third-order valence-electron chi connectivity index (χ3n) is 4.92. The molecule has 1 N–H and O–H groups in total. The molecule has 6 nitrogen and oxygen atoms in total. The monoisotopic (exact) mass is 583 g/mol. The summed E-state index contributed by atoms with van der Waals surface area (Å²) in [5.74, 6) is 0.746. The van der Waals surface area contributed by atoms with Crippen LogP contribution in [0.5, 0.6) is 17.2 Å². The van der Waals surface area contributed by atoms with E-state index >= 15 is 0 Å². The van der Waals surface area contributed by atoms with Gasteiger partial charge in [-0.05, 0) is 85.8 Å². The fourth-order valence-corrected chi connectivity index (χ4v) is 4.90. The quantitative estimate of drug-likeness (QED) is 0.376. The summed E-state index contributed by atoms with van der Waals surface area (Å²) in [4.78, 5) is 26.7. The van der Waals surface area contributed by atoms with Crippen molar-refractivity contribution in [2.45, 2.75) is 26.7 Å². The number of halogens is 2. The largest absolute Gasteiger partial charge is 0.504 e. The van der Waals surface area contributed by atoms with Gasteiger partial charge in [0.2, 0.25) is 0 Å². The van der Waals surface area contributed by atoms with Crippen molar-refractivity contribution in [1.82, 2.24) is 4.90 Å². The number of phenols is 1. The summed E-state index contributed by atoms with van der Waals surface area (Å²) in [6.07, 6.45) is 1.48. The molecule has 0 bridgehead atoms. The van der Waals surface area contributed by atoms with E-state index < -0.39 is 5.91 Å². The van der Waals surface area contributed by atoms with E-state index in [1.807, 2.05) is 25.1 Å². The molecule has 1 fully saturated rings. The fourth-order valence-electron chi connectivity index (χ4n) is 3.21. The van der Waals surface area contributed by atoms with Gasteiger partial charge in [-0.25, -0.2) is 0 Å². The Balaban J connectivity index is 1.77. The van der Waals surface area contributed by atoms with Crippen LogP contribution in [0.25, 0.3) is 6.08 Å². The second kappa shape index (κ2) is 10.3. The number of benzene rings is 2. The molecule has 9 heteroatoms. The molecule has 1 heterocycles. The minimum Gasteiger partial charge on any atom is -0.504 e. The normalized spacial score (nSPS) is 15.2. The van der Waals surface area contributed by atoms with Gasteiger partial charge in [-0.15, -0.1) is 0 Å². The van der Waals surface area contributed by atoms with Gasteiger partial charge in [-0.1, -0.05) is 26.0 Å². The van der Waals surface area contributed by atoms with E-state index in [0.29, 0.717) is 20.4 Å². The molecule has 2 amide bonds. The van der Waals surface area contributed by atoms with E-state index in [-0.39, 0.29) is 34.8 Å². The molecule has 170 valence electrons. The molecule has 0 spiro atoms. The fraction of sp³-hybridized carbons (Fsp3) is 0.304. The molecule has 0 aliphatic carbocycles. The molecular formula is C23H23Br2NO5S. The number of carbonyl (C=O) groups is 2. The van der Waals surface area contributed by atoms with Gasteiger partial charge in [-0.3, -0.25) is 14.5 Å². The maximum Gasteiger partial charge on any atom is 0.293 e. The average Bonchev–Trinajstić information content (AvgIpc) is 3.01. The van der Waals surface area contributed by atoms with Gasteiger partial charge in [0.1, 0.15) is 12.4 Å². The molecule has 0 unspecified atom stereocenters. The Labute approximate surface area is 208 Å². The molecule has 2 aromatic carbocycles. The number of ether oxygens (including phenoxy) is 2. The van der Waals surface area contributed by atoms with Gasteiger partial charge < -0.3 is 14.6 Å². The molecule has 0 radical (unpaired) electrons. The van der Waals surface area contributed by atoms with Crippen LogP contribution in [0.1, 0.15) is 36.5 Å². The number of hydrogen-bond donors (Lipinski definition) is 1. The van der Waals surface area contributed by atoms with E-state index in [4.69, 9.17) is 9.47 Å². The zero-order valence-electron chi connectivity index (χ0n) is 18.1. The first-order valence-corrected chi connectivity index (χ1v) is 12.3. The summed E-state index contributed by atoms with van der Waals surface area (Å²) in [7, 11) is 1.44. The van der Waals surface area contributed by atoms with Gasteiger partial charge in [0.15, 0.2) is 11.5 Å². The Kier molecular flexibility index (Phi) is 7.95. The highest BCUT2D eigenvalue weighted by Gasteiger charge is 2.35. The minimum atomic E-state index is -0.429. The zero-order valence-corrected chi connectivity index (χ0v) is 22.1. The van der Waals surface area contributed by atoms with Crippen LogP contribution in [-0.4, -0.2) is 41.4 Å². The number of methoxy groups -OCH3 is 1. The number of rotatable bonds is 7. The molecule has 1 aliphatic rings. The van der Waals surface area contributed by atoms with Crippen LogP contribution in [0, 0.1) is 6.92 Å². The van der Waals surface area contributed by atoms with Gasteiger partial charge in [0, 0.05) is 14.5 Å². The lowest BCUT2D eigenvalue weighted by atomic mass is 10.0. The molecule has 1 saturated heterocycles. The molecule has 32 heavy (non-hydrogen) atoms. The lowest BCUT2D eigenvalue weighted by molar-refractivity contribution is -0.123. The van der Waals surface area contributed by atoms with Crippen molar-refractivity contribution < 1.29 is 24.2 Å². The second-order valence-corrected chi connectivity index (χ2v) is 10.2. The third-order valence-corrected chi connectivity index (χ3v) is 7.84. The van der Waals surface area contributed by atoms with Crippen molar-refractivity contribution in [2.24, 2.45) is 0 Å². The predicted molar refractivity (Wildman–Crippen MR) is 133 cm³/mol. The van der Waals surface area contributed by atoms with Crippen molar-refractivity contribution in [1.29, 1.82) is 0 Å². The molecule has 0 aromatic heterocycles. The summed E-state index contributed by atoms with van der Waals surface area (Å²) in [6, 6.07) is 7.64. The summed E-state index contributed by atoms with van der Waals surface area (Å²) in [5, 5.41) is 10.1. The summed E-state index contributed by atoms with van der Waals surface area (Å²) >= 11 is 7.61. The number of aryl methyl sites for hydroxylation is 1. The van der Waals surface area contributed by atoms with Gasteiger partial charge in [0.05, 0.1) is 18.6 Å².